The standard InChI is InChI=1S/C29H30ClN3O5/c1-36-24-15-20(16-25(37-2)27(24)38-3)17-31-10-12-32(13-11-31)23-9-5-8-22-26(23)29(35)33(28(22)34)18-19-6-4-7-21(30)14-19/h4-9,14-16H,10-13,17-18H2,1-3H3. The van der Waals surface area contributed by atoms with Crippen LogP contribution in [-0.4, -0.2) is 69.1 Å². The van der Waals surface area contributed by atoms with E-state index in [1.807, 2.05) is 36.4 Å². The highest BCUT2D eigenvalue weighted by molar-refractivity contribution is 6.30. The van der Waals surface area contributed by atoms with Crippen molar-refractivity contribution < 1.29 is 23.8 Å². The molecule has 8 nitrogen and oxygen atoms in total. The fourth-order valence-corrected chi connectivity index (χ4v) is 5.39. The minimum atomic E-state index is -0.270. The van der Waals surface area contributed by atoms with Crippen molar-refractivity contribution in [2.24, 2.45) is 0 Å². The second kappa shape index (κ2) is 10.9. The van der Waals surface area contributed by atoms with Gasteiger partial charge in [0.1, 0.15) is 0 Å². The molecule has 38 heavy (non-hydrogen) atoms. The van der Waals surface area contributed by atoms with Gasteiger partial charge in [-0.15, -0.1) is 0 Å². The van der Waals surface area contributed by atoms with Gasteiger partial charge < -0.3 is 19.1 Å². The zero-order valence-corrected chi connectivity index (χ0v) is 22.5. The van der Waals surface area contributed by atoms with Crippen molar-refractivity contribution in [3.8, 4) is 17.2 Å². The smallest absolute Gasteiger partial charge is 0.263 e. The molecule has 0 unspecified atom stereocenters. The van der Waals surface area contributed by atoms with Gasteiger partial charge in [-0.25, -0.2) is 0 Å². The number of nitrogens with zero attached hydrogens (tertiary/aromatic N) is 3. The third kappa shape index (κ3) is 4.89. The quantitative estimate of drug-likeness (QED) is 0.394. The van der Waals surface area contributed by atoms with E-state index >= 15 is 0 Å². The molecule has 0 atom stereocenters. The second-order valence-corrected chi connectivity index (χ2v) is 9.76. The molecule has 0 spiro atoms. The highest BCUT2D eigenvalue weighted by atomic mass is 35.5. The Morgan fingerprint density at radius 3 is 2.08 bits per heavy atom. The number of amides is 2. The van der Waals surface area contributed by atoms with Crippen LogP contribution < -0.4 is 19.1 Å². The number of methoxy groups -OCH3 is 3. The maximum Gasteiger partial charge on any atom is 0.263 e. The lowest BCUT2D eigenvalue weighted by molar-refractivity contribution is 0.0642. The molecule has 3 aromatic rings. The Hall–Kier alpha value is -3.75. The van der Waals surface area contributed by atoms with Crippen molar-refractivity contribution in [1.29, 1.82) is 0 Å². The van der Waals surface area contributed by atoms with E-state index in [1.165, 1.54) is 4.90 Å². The van der Waals surface area contributed by atoms with Crippen LogP contribution in [0, 0.1) is 0 Å². The van der Waals surface area contributed by atoms with E-state index < -0.39 is 0 Å². The summed E-state index contributed by atoms with van der Waals surface area (Å²) in [6, 6.07) is 16.7. The minimum absolute atomic E-state index is 0.189. The summed E-state index contributed by atoms with van der Waals surface area (Å²) in [6.45, 7) is 3.98. The van der Waals surface area contributed by atoms with Crippen molar-refractivity contribution in [1.82, 2.24) is 9.80 Å². The molecule has 0 N–H and O–H groups in total. The first-order valence-corrected chi connectivity index (χ1v) is 12.8. The summed E-state index contributed by atoms with van der Waals surface area (Å²) in [4.78, 5) is 32.4. The first-order valence-electron chi connectivity index (χ1n) is 12.4. The number of ether oxygens (including phenoxy) is 3. The third-order valence-corrected chi connectivity index (χ3v) is 7.29. The van der Waals surface area contributed by atoms with Gasteiger partial charge in [0.25, 0.3) is 11.8 Å². The summed E-state index contributed by atoms with van der Waals surface area (Å²) in [6.07, 6.45) is 0. The summed E-state index contributed by atoms with van der Waals surface area (Å²) in [5, 5.41) is 0.573. The average molecular weight is 536 g/mol. The number of anilines is 1. The Labute approximate surface area is 227 Å². The molecular weight excluding hydrogens is 506 g/mol. The first kappa shape index (κ1) is 25.9. The number of fused-ring (bicyclic) bond motifs is 1. The lowest BCUT2D eigenvalue weighted by Crippen LogP contribution is -2.46. The Morgan fingerprint density at radius 1 is 0.763 bits per heavy atom. The topological polar surface area (TPSA) is 71.6 Å². The number of piperazine rings is 1. The predicted molar refractivity (Wildman–Crippen MR) is 146 cm³/mol. The van der Waals surface area contributed by atoms with Crippen LogP contribution in [0.15, 0.2) is 54.6 Å². The SMILES string of the molecule is COc1cc(CN2CCN(c3cccc4c3C(=O)N(Cc3cccc(Cl)c3)C4=O)CC2)cc(OC)c1OC. The van der Waals surface area contributed by atoms with Gasteiger partial charge in [0, 0.05) is 37.7 Å². The van der Waals surface area contributed by atoms with Crippen molar-refractivity contribution in [3.63, 3.8) is 0 Å². The van der Waals surface area contributed by atoms with Gasteiger partial charge in [-0.1, -0.05) is 29.8 Å². The summed E-state index contributed by atoms with van der Waals surface area (Å²) >= 11 is 6.11. The van der Waals surface area contributed by atoms with Crippen molar-refractivity contribution >= 4 is 29.1 Å². The molecule has 0 bridgehead atoms. The van der Waals surface area contributed by atoms with E-state index in [4.69, 9.17) is 25.8 Å². The van der Waals surface area contributed by atoms with Crippen LogP contribution in [0.3, 0.4) is 0 Å². The zero-order chi connectivity index (χ0) is 26.8. The Kier molecular flexibility index (Phi) is 7.44. The molecule has 2 aliphatic rings. The molecule has 0 radical (unpaired) electrons. The summed E-state index contributed by atoms with van der Waals surface area (Å²) < 4.78 is 16.4. The second-order valence-electron chi connectivity index (χ2n) is 9.32. The molecule has 1 fully saturated rings. The van der Waals surface area contributed by atoms with Crippen LogP contribution in [-0.2, 0) is 13.1 Å². The van der Waals surface area contributed by atoms with Gasteiger partial charge in [0.05, 0.1) is 44.7 Å². The van der Waals surface area contributed by atoms with E-state index in [0.717, 1.165) is 49.5 Å². The maximum atomic E-state index is 13.4. The summed E-state index contributed by atoms with van der Waals surface area (Å²) in [5.41, 5.74) is 3.62. The monoisotopic (exact) mass is 535 g/mol. The predicted octanol–water partition coefficient (Wildman–Crippen LogP) is 4.48. The number of hydrogen-bond donors (Lipinski definition) is 0. The van der Waals surface area contributed by atoms with Crippen molar-refractivity contribution in [2.75, 3.05) is 52.4 Å². The Balaban J connectivity index is 1.29. The number of imide groups is 1. The highest BCUT2D eigenvalue weighted by Crippen LogP contribution is 2.39. The first-order chi connectivity index (χ1) is 18.4. The molecule has 2 amide bonds. The molecule has 1 saturated heterocycles. The van der Waals surface area contributed by atoms with Crippen molar-refractivity contribution in [2.45, 2.75) is 13.1 Å². The molecule has 0 saturated carbocycles. The summed E-state index contributed by atoms with van der Waals surface area (Å²) in [7, 11) is 4.81. The number of carbonyl (C=O) groups excluding carboxylic acids is 2. The van der Waals surface area contributed by atoms with E-state index in [9.17, 15) is 9.59 Å². The van der Waals surface area contributed by atoms with Gasteiger partial charge in [-0.2, -0.15) is 0 Å². The van der Waals surface area contributed by atoms with E-state index in [-0.39, 0.29) is 18.4 Å². The number of hydrogen-bond acceptors (Lipinski definition) is 7. The molecular formula is C29H30ClN3O5. The fraction of sp³-hybridized carbons (Fsp3) is 0.310. The molecule has 2 heterocycles. The highest BCUT2D eigenvalue weighted by Gasteiger charge is 2.38. The van der Waals surface area contributed by atoms with Gasteiger partial charge >= 0.3 is 0 Å². The Bertz CT molecular complexity index is 1350. The zero-order valence-electron chi connectivity index (χ0n) is 21.7. The fourth-order valence-electron chi connectivity index (χ4n) is 5.17. The van der Waals surface area contributed by atoms with Crippen LogP contribution in [0.1, 0.15) is 31.8 Å². The normalized spacial score (nSPS) is 15.6. The molecule has 0 aromatic heterocycles. The van der Waals surface area contributed by atoms with E-state index in [0.29, 0.717) is 33.4 Å². The van der Waals surface area contributed by atoms with Crippen LogP contribution in [0.5, 0.6) is 17.2 Å². The number of rotatable bonds is 8. The van der Waals surface area contributed by atoms with Crippen molar-refractivity contribution in [3.05, 3.63) is 81.9 Å². The van der Waals surface area contributed by atoms with Crippen LogP contribution in [0.4, 0.5) is 5.69 Å². The maximum absolute atomic E-state index is 13.4. The van der Waals surface area contributed by atoms with E-state index in [1.54, 1.807) is 39.5 Å². The lowest BCUT2D eigenvalue weighted by atomic mass is 10.1. The molecule has 5 rings (SSSR count). The van der Waals surface area contributed by atoms with E-state index in [2.05, 4.69) is 9.80 Å². The molecule has 198 valence electrons. The molecule has 0 aliphatic carbocycles. The van der Waals surface area contributed by atoms with Gasteiger partial charge in [-0.3, -0.25) is 19.4 Å². The molecule has 2 aliphatic heterocycles. The largest absolute Gasteiger partial charge is 0.493 e. The van der Waals surface area contributed by atoms with Gasteiger partial charge in [0.15, 0.2) is 11.5 Å². The minimum Gasteiger partial charge on any atom is -0.493 e. The summed E-state index contributed by atoms with van der Waals surface area (Å²) in [5.74, 6) is 1.30. The van der Waals surface area contributed by atoms with Gasteiger partial charge in [-0.05, 0) is 47.5 Å². The Morgan fingerprint density at radius 2 is 1.45 bits per heavy atom. The van der Waals surface area contributed by atoms with Crippen LogP contribution >= 0.6 is 11.6 Å². The van der Waals surface area contributed by atoms with Crippen LogP contribution in [0.2, 0.25) is 5.02 Å². The number of halogens is 1. The number of carbonyl (C=O) groups is 2. The number of benzene rings is 3. The average Bonchev–Trinajstić information content (AvgIpc) is 3.17. The molecule has 9 heteroatoms. The third-order valence-electron chi connectivity index (χ3n) is 7.05. The molecule has 3 aromatic carbocycles. The van der Waals surface area contributed by atoms with Crippen LogP contribution in [0.25, 0.3) is 0 Å². The lowest BCUT2D eigenvalue weighted by Gasteiger charge is -2.36. The van der Waals surface area contributed by atoms with Gasteiger partial charge in [0.2, 0.25) is 5.75 Å².